The summed E-state index contributed by atoms with van der Waals surface area (Å²) in [5, 5.41) is 42.5. The van der Waals surface area contributed by atoms with E-state index >= 15 is 0 Å². The first-order valence-corrected chi connectivity index (χ1v) is 12.3. The van der Waals surface area contributed by atoms with Crippen LogP contribution in [0.1, 0.15) is 78.6 Å². The van der Waals surface area contributed by atoms with Crippen molar-refractivity contribution in [2.75, 3.05) is 0 Å². The summed E-state index contributed by atoms with van der Waals surface area (Å²) in [7, 11) is 0. The summed E-state index contributed by atoms with van der Waals surface area (Å²) >= 11 is 0. The van der Waals surface area contributed by atoms with Crippen molar-refractivity contribution in [1.29, 1.82) is 0 Å². The van der Waals surface area contributed by atoms with Crippen molar-refractivity contribution in [2.24, 2.45) is 51.8 Å². The third-order valence-electron chi connectivity index (χ3n) is 11.7. The fourth-order valence-electron chi connectivity index (χ4n) is 10.1. The van der Waals surface area contributed by atoms with Gasteiger partial charge in [0.15, 0.2) is 0 Å². The van der Waals surface area contributed by atoms with E-state index < -0.39 is 12.1 Å². The number of hydrogen-bond donors (Lipinski definition) is 4. The predicted molar refractivity (Wildman–Crippen MR) is 112 cm³/mol. The number of carboxylic acid groups (broad SMARTS) is 1. The monoisotopic (exact) mass is 420 g/mol. The Labute approximate surface area is 180 Å². The first kappa shape index (κ1) is 21.2. The third-order valence-corrected chi connectivity index (χ3v) is 11.7. The molecule has 0 heterocycles. The van der Waals surface area contributed by atoms with Crippen molar-refractivity contribution >= 4 is 5.97 Å². The van der Waals surface area contributed by atoms with E-state index in [-0.39, 0.29) is 40.8 Å². The molecule has 170 valence electrons. The van der Waals surface area contributed by atoms with Gasteiger partial charge in [-0.3, -0.25) is 4.79 Å². The normalized spacial score (nSPS) is 59.3. The van der Waals surface area contributed by atoms with Crippen LogP contribution in [-0.2, 0) is 4.79 Å². The maximum Gasteiger partial charge on any atom is 0.303 e. The Hall–Kier alpha value is -0.650. The van der Waals surface area contributed by atoms with Crippen LogP contribution in [0.3, 0.4) is 0 Å². The van der Waals surface area contributed by atoms with Crippen LogP contribution < -0.4 is 0 Å². The maximum atomic E-state index is 11.7. The molecule has 12 atom stereocenters. The molecule has 0 aromatic carbocycles. The molecule has 0 radical (unpaired) electrons. The lowest BCUT2D eigenvalue weighted by molar-refractivity contribution is -0.208. The smallest absolute Gasteiger partial charge is 0.303 e. The van der Waals surface area contributed by atoms with Gasteiger partial charge in [0.2, 0.25) is 0 Å². The minimum atomic E-state index is -0.727. The second-order valence-corrected chi connectivity index (χ2v) is 12.2. The van der Waals surface area contributed by atoms with Gasteiger partial charge in [-0.15, -0.1) is 0 Å². The minimum Gasteiger partial charge on any atom is -0.481 e. The van der Waals surface area contributed by atoms with E-state index in [1.807, 2.05) is 0 Å². The first-order chi connectivity index (χ1) is 14.1. The molecular formula is C25H40O5. The summed E-state index contributed by atoms with van der Waals surface area (Å²) in [6, 6.07) is 0. The van der Waals surface area contributed by atoms with Gasteiger partial charge in [-0.2, -0.15) is 0 Å². The lowest BCUT2D eigenvalue weighted by Crippen LogP contribution is -2.62. The highest BCUT2D eigenvalue weighted by atomic mass is 16.4. The molecule has 5 saturated carbocycles. The summed E-state index contributed by atoms with van der Waals surface area (Å²) in [5.74, 6) is 1.29. The second-order valence-electron chi connectivity index (χ2n) is 12.2. The molecule has 0 amide bonds. The Morgan fingerprint density at radius 1 is 1.00 bits per heavy atom. The highest BCUT2D eigenvalue weighted by Gasteiger charge is 2.78. The lowest BCUT2D eigenvalue weighted by Gasteiger charge is -2.63. The van der Waals surface area contributed by atoms with Crippen LogP contribution >= 0.6 is 0 Å². The number of aliphatic hydroxyl groups is 3. The number of carboxylic acids is 1. The molecule has 2 unspecified atom stereocenters. The number of hydrogen-bond acceptors (Lipinski definition) is 4. The standard InChI is InChI=1S/C25H40O5/c1-13-16(4-5-21(29)30)25(13)9-7-17-22-18(12-20(28)24(17,25)3)23(2)8-6-15(26)10-14(23)11-19(22)27/h13-20,22,26-28H,4-12H2,1-3H3,(H,29,30)/t13-,14+,15-,16-,17?,18+,19-,20+,22+,23+,24-,25?/m1/s1. The minimum absolute atomic E-state index is 0.0394. The largest absolute Gasteiger partial charge is 0.481 e. The van der Waals surface area contributed by atoms with Gasteiger partial charge in [0.05, 0.1) is 18.3 Å². The quantitative estimate of drug-likeness (QED) is 0.561. The topological polar surface area (TPSA) is 98.0 Å². The van der Waals surface area contributed by atoms with Gasteiger partial charge in [0.25, 0.3) is 0 Å². The Balaban J connectivity index is 1.46. The van der Waals surface area contributed by atoms with Gasteiger partial charge in [-0.05, 0) is 97.7 Å². The van der Waals surface area contributed by atoms with Crippen LogP contribution in [-0.4, -0.2) is 44.7 Å². The fraction of sp³-hybridized carbons (Fsp3) is 0.960. The summed E-state index contributed by atoms with van der Waals surface area (Å²) < 4.78 is 0. The number of fused-ring (bicyclic) bond motifs is 6. The van der Waals surface area contributed by atoms with Crippen molar-refractivity contribution in [3.8, 4) is 0 Å². The molecule has 30 heavy (non-hydrogen) atoms. The van der Waals surface area contributed by atoms with Crippen molar-refractivity contribution in [3.05, 3.63) is 0 Å². The molecular weight excluding hydrogens is 380 g/mol. The fourth-order valence-corrected chi connectivity index (χ4v) is 10.1. The van der Waals surface area contributed by atoms with E-state index in [1.165, 1.54) is 0 Å². The van der Waals surface area contributed by atoms with E-state index in [4.69, 9.17) is 0 Å². The van der Waals surface area contributed by atoms with Gasteiger partial charge in [-0.25, -0.2) is 0 Å². The van der Waals surface area contributed by atoms with E-state index in [1.54, 1.807) is 0 Å². The van der Waals surface area contributed by atoms with Gasteiger partial charge in [0.1, 0.15) is 0 Å². The van der Waals surface area contributed by atoms with Gasteiger partial charge < -0.3 is 20.4 Å². The van der Waals surface area contributed by atoms with E-state index in [9.17, 15) is 25.2 Å². The SMILES string of the molecule is C[C@@H]1[C@@H](CCC(=O)O)C12CCC1[C@@H]3[C@H](O)C[C@@H]4C[C@H](O)CC[C@]4(C)[C@H]3C[C@H](O)[C@@]12C. The molecule has 5 aliphatic rings. The van der Waals surface area contributed by atoms with Crippen molar-refractivity contribution in [3.63, 3.8) is 0 Å². The molecule has 4 N–H and O–H groups in total. The average molecular weight is 421 g/mol. The van der Waals surface area contributed by atoms with Crippen LogP contribution in [0.5, 0.6) is 0 Å². The van der Waals surface area contributed by atoms with Crippen LogP contribution in [0.2, 0.25) is 0 Å². The van der Waals surface area contributed by atoms with E-state index in [2.05, 4.69) is 20.8 Å². The molecule has 0 aliphatic heterocycles. The Kier molecular flexibility index (Phi) is 4.72. The molecule has 0 bridgehead atoms. The van der Waals surface area contributed by atoms with Crippen LogP contribution in [0.15, 0.2) is 0 Å². The lowest BCUT2D eigenvalue weighted by atomic mass is 9.43. The molecule has 0 saturated heterocycles. The zero-order valence-corrected chi connectivity index (χ0v) is 18.8. The predicted octanol–water partition coefficient (Wildman–Crippen LogP) is 3.45. The summed E-state index contributed by atoms with van der Waals surface area (Å²) in [5.41, 5.74) is -0.0914. The van der Waals surface area contributed by atoms with Crippen LogP contribution in [0.4, 0.5) is 0 Å². The molecule has 1 spiro atoms. The van der Waals surface area contributed by atoms with Gasteiger partial charge in [-0.1, -0.05) is 20.8 Å². The molecule has 5 heteroatoms. The van der Waals surface area contributed by atoms with Crippen molar-refractivity contribution in [2.45, 2.75) is 96.9 Å². The van der Waals surface area contributed by atoms with E-state index in [0.29, 0.717) is 36.0 Å². The second kappa shape index (κ2) is 6.68. The van der Waals surface area contributed by atoms with Crippen molar-refractivity contribution in [1.82, 2.24) is 0 Å². The Bertz CT molecular complexity index is 724. The van der Waals surface area contributed by atoms with Gasteiger partial charge in [0, 0.05) is 11.8 Å². The average Bonchev–Trinajstić information content (AvgIpc) is 3.11. The summed E-state index contributed by atoms with van der Waals surface area (Å²) in [6.07, 6.45) is 6.18. The van der Waals surface area contributed by atoms with Crippen LogP contribution in [0.25, 0.3) is 0 Å². The highest BCUT2D eigenvalue weighted by Crippen LogP contribution is 2.82. The zero-order chi connectivity index (χ0) is 21.6. The molecule has 5 aliphatic carbocycles. The number of carbonyl (C=O) groups is 1. The van der Waals surface area contributed by atoms with E-state index in [0.717, 1.165) is 44.9 Å². The molecule has 5 fully saturated rings. The van der Waals surface area contributed by atoms with Crippen LogP contribution in [0, 0.1) is 51.8 Å². The highest BCUT2D eigenvalue weighted by molar-refractivity contribution is 5.66. The Morgan fingerprint density at radius 2 is 1.73 bits per heavy atom. The Morgan fingerprint density at radius 3 is 2.43 bits per heavy atom. The third kappa shape index (κ3) is 2.49. The summed E-state index contributed by atoms with van der Waals surface area (Å²) in [4.78, 5) is 11.2. The zero-order valence-electron chi connectivity index (χ0n) is 18.8. The molecule has 5 nitrogen and oxygen atoms in total. The van der Waals surface area contributed by atoms with Gasteiger partial charge >= 0.3 is 5.97 Å². The number of aliphatic hydroxyl groups excluding tert-OH is 3. The molecule has 5 rings (SSSR count). The molecule has 0 aromatic rings. The first-order valence-electron chi connectivity index (χ1n) is 12.3. The summed E-state index contributed by atoms with van der Waals surface area (Å²) in [6.45, 7) is 6.90. The van der Waals surface area contributed by atoms with Crippen molar-refractivity contribution < 1.29 is 25.2 Å². The number of rotatable bonds is 3. The molecule has 0 aromatic heterocycles. The number of aliphatic carboxylic acids is 1. The maximum absolute atomic E-state index is 11.7.